The molecule has 1 aliphatic rings. The number of carbonyl (C=O) groups excluding carboxylic acids is 1. The smallest absolute Gasteiger partial charge is 0.338 e. The van der Waals surface area contributed by atoms with Gasteiger partial charge in [-0.2, -0.15) is 4.31 Å². The van der Waals surface area contributed by atoms with Gasteiger partial charge in [-0.1, -0.05) is 6.07 Å². The number of benzene rings is 2. The van der Waals surface area contributed by atoms with Gasteiger partial charge in [-0.25, -0.2) is 17.6 Å². The van der Waals surface area contributed by atoms with Crippen molar-refractivity contribution < 1.29 is 31.8 Å². The van der Waals surface area contributed by atoms with E-state index in [0.29, 0.717) is 31.9 Å². The van der Waals surface area contributed by atoms with E-state index in [9.17, 15) is 17.6 Å². The molecular weight excluding hydrogens is 389 g/mol. The Morgan fingerprint density at radius 1 is 1.14 bits per heavy atom. The van der Waals surface area contributed by atoms with Gasteiger partial charge in [-0.05, 0) is 42.0 Å². The minimum absolute atomic E-state index is 0.100. The second-order valence-electron chi connectivity index (χ2n) is 6.09. The summed E-state index contributed by atoms with van der Waals surface area (Å²) in [6, 6.07) is 9.79. The lowest BCUT2D eigenvalue weighted by Gasteiger charge is -2.26. The summed E-state index contributed by atoms with van der Waals surface area (Å²) in [6.45, 7) is 1.19. The number of halogens is 1. The molecule has 3 rings (SSSR count). The third-order valence-electron chi connectivity index (χ3n) is 4.28. The van der Waals surface area contributed by atoms with E-state index in [-0.39, 0.29) is 22.8 Å². The van der Waals surface area contributed by atoms with Gasteiger partial charge >= 0.3 is 5.97 Å². The summed E-state index contributed by atoms with van der Waals surface area (Å²) >= 11 is 0. The predicted octanol–water partition coefficient (Wildman–Crippen LogP) is 2.21. The summed E-state index contributed by atoms with van der Waals surface area (Å²) in [5.74, 6) is -1.08. The van der Waals surface area contributed by atoms with Crippen LogP contribution in [0.2, 0.25) is 0 Å². The highest BCUT2D eigenvalue weighted by atomic mass is 32.2. The highest BCUT2D eigenvalue weighted by Gasteiger charge is 2.26. The van der Waals surface area contributed by atoms with Crippen molar-refractivity contribution in [1.82, 2.24) is 4.31 Å². The summed E-state index contributed by atoms with van der Waals surface area (Å²) in [4.78, 5) is 12.3. The maximum absolute atomic E-state index is 13.7. The van der Waals surface area contributed by atoms with E-state index >= 15 is 0 Å². The van der Waals surface area contributed by atoms with Crippen LogP contribution >= 0.6 is 0 Å². The Morgan fingerprint density at radius 3 is 2.43 bits per heavy atom. The largest absolute Gasteiger partial charge is 0.494 e. The molecule has 2 aromatic rings. The Kier molecular flexibility index (Phi) is 6.28. The van der Waals surface area contributed by atoms with Crippen molar-refractivity contribution in [2.24, 2.45) is 0 Å². The fraction of sp³-hybridized carbons (Fsp3) is 0.316. The summed E-state index contributed by atoms with van der Waals surface area (Å²) in [6.07, 6.45) is 0. The lowest BCUT2D eigenvalue weighted by atomic mass is 10.2. The van der Waals surface area contributed by atoms with Crippen LogP contribution < -0.4 is 4.74 Å². The van der Waals surface area contributed by atoms with Crippen LogP contribution in [0.25, 0.3) is 0 Å². The Morgan fingerprint density at radius 2 is 1.82 bits per heavy atom. The van der Waals surface area contributed by atoms with Crippen molar-refractivity contribution in [2.75, 3.05) is 33.4 Å². The average molecular weight is 409 g/mol. The van der Waals surface area contributed by atoms with Gasteiger partial charge in [0.2, 0.25) is 10.0 Å². The van der Waals surface area contributed by atoms with Crippen molar-refractivity contribution in [3.63, 3.8) is 0 Å². The standard InChI is InChI=1S/C19H20FNO6S/c1-25-18-7-2-14(12-17(18)20)13-27-19(22)15-3-5-16(6-4-15)28(23,24)21-8-10-26-11-9-21/h2-7,12H,8-11,13H2,1H3. The second-order valence-corrected chi connectivity index (χ2v) is 8.02. The SMILES string of the molecule is COc1ccc(COC(=O)c2ccc(S(=O)(=O)N3CCOCC3)cc2)cc1F. The van der Waals surface area contributed by atoms with Crippen molar-refractivity contribution >= 4 is 16.0 Å². The third kappa shape index (κ3) is 4.49. The number of morpholine rings is 1. The third-order valence-corrected chi connectivity index (χ3v) is 6.20. The molecule has 0 amide bonds. The lowest BCUT2D eigenvalue weighted by Crippen LogP contribution is -2.40. The van der Waals surface area contributed by atoms with Gasteiger partial charge in [0.25, 0.3) is 0 Å². The van der Waals surface area contributed by atoms with Crippen LogP contribution in [0.5, 0.6) is 5.75 Å². The zero-order valence-corrected chi connectivity index (χ0v) is 16.1. The first-order valence-electron chi connectivity index (χ1n) is 8.59. The van der Waals surface area contributed by atoms with E-state index in [1.54, 1.807) is 6.07 Å². The molecule has 150 valence electrons. The first kappa shape index (κ1) is 20.2. The molecule has 0 atom stereocenters. The van der Waals surface area contributed by atoms with Crippen molar-refractivity contribution in [2.45, 2.75) is 11.5 Å². The summed E-state index contributed by atoms with van der Waals surface area (Å²) in [5.41, 5.74) is 0.674. The fourth-order valence-electron chi connectivity index (χ4n) is 2.73. The summed E-state index contributed by atoms with van der Waals surface area (Å²) in [5, 5.41) is 0. The molecule has 1 fully saturated rings. The number of sulfonamides is 1. The van der Waals surface area contributed by atoms with Crippen molar-refractivity contribution in [3.05, 3.63) is 59.4 Å². The molecule has 2 aromatic carbocycles. The van der Waals surface area contributed by atoms with Gasteiger partial charge in [0, 0.05) is 13.1 Å². The van der Waals surface area contributed by atoms with Gasteiger partial charge in [0.15, 0.2) is 11.6 Å². The normalized spacial score (nSPS) is 15.2. The van der Waals surface area contributed by atoms with E-state index in [1.165, 1.54) is 47.8 Å². The second kappa shape index (κ2) is 8.68. The maximum atomic E-state index is 13.7. The number of nitrogens with zero attached hydrogens (tertiary/aromatic N) is 1. The first-order valence-corrected chi connectivity index (χ1v) is 10.0. The highest BCUT2D eigenvalue weighted by Crippen LogP contribution is 2.20. The number of ether oxygens (including phenoxy) is 3. The van der Waals surface area contributed by atoms with Crippen molar-refractivity contribution in [1.29, 1.82) is 0 Å². The van der Waals surface area contributed by atoms with E-state index in [4.69, 9.17) is 14.2 Å². The molecule has 9 heteroatoms. The van der Waals surface area contributed by atoms with Crippen LogP contribution in [0.4, 0.5) is 4.39 Å². The average Bonchev–Trinajstić information content (AvgIpc) is 2.73. The molecule has 0 unspecified atom stereocenters. The molecule has 0 aliphatic carbocycles. The van der Waals surface area contributed by atoms with Gasteiger partial charge in [-0.3, -0.25) is 0 Å². The molecule has 1 aliphatic heterocycles. The van der Waals surface area contributed by atoms with Crippen LogP contribution in [-0.4, -0.2) is 52.1 Å². The van der Waals surface area contributed by atoms with Crippen LogP contribution in [0.15, 0.2) is 47.4 Å². The van der Waals surface area contributed by atoms with E-state index in [0.717, 1.165) is 0 Å². The number of carbonyl (C=O) groups is 1. The van der Waals surface area contributed by atoms with Gasteiger partial charge in [0.05, 0.1) is 30.8 Å². The van der Waals surface area contributed by atoms with Crippen LogP contribution in [-0.2, 0) is 26.1 Å². The maximum Gasteiger partial charge on any atom is 0.338 e. The zero-order valence-electron chi connectivity index (χ0n) is 15.3. The fourth-order valence-corrected chi connectivity index (χ4v) is 4.14. The minimum atomic E-state index is -3.62. The van der Waals surface area contributed by atoms with Gasteiger partial charge in [-0.15, -0.1) is 0 Å². The number of rotatable bonds is 6. The molecule has 0 saturated carbocycles. The number of esters is 1. The number of hydrogen-bond acceptors (Lipinski definition) is 6. The van der Waals surface area contributed by atoms with E-state index in [1.807, 2.05) is 0 Å². The first-order chi connectivity index (χ1) is 13.4. The molecule has 0 radical (unpaired) electrons. The summed E-state index contributed by atoms with van der Waals surface area (Å²) < 4.78 is 55.3. The highest BCUT2D eigenvalue weighted by molar-refractivity contribution is 7.89. The van der Waals surface area contributed by atoms with E-state index in [2.05, 4.69) is 0 Å². The molecular formula is C19H20FNO6S. The molecule has 1 saturated heterocycles. The predicted molar refractivity (Wildman–Crippen MR) is 98.1 cm³/mol. The quantitative estimate of drug-likeness (QED) is 0.681. The van der Waals surface area contributed by atoms with Crippen molar-refractivity contribution in [3.8, 4) is 5.75 Å². The van der Waals surface area contributed by atoms with Crippen LogP contribution in [0.1, 0.15) is 15.9 Å². The number of methoxy groups -OCH3 is 1. The molecule has 0 bridgehead atoms. The number of hydrogen-bond donors (Lipinski definition) is 0. The Bertz CT molecular complexity index is 939. The lowest BCUT2D eigenvalue weighted by molar-refractivity contribution is 0.0472. The molecule has 28 heavy (non-hydrogen) atoms. The topological polar surface area (TPSA) is 82.1 Å². The molecule has 0 spiro atoms. The van der Waals surface area contributed by atoms with Crippen LogP contribution in [0, 0.1) is 5.82 Å². The molecule has 0 aromatic heterocycles. The van der Waals surface area contributed by atoms with Crippen LogP contribution in [0.3, 0.4) is 0 Å². The van der Waals surface area contributed by atoms with Gasteiger partial charge in [0.1, 0.15) is 6.61 Å². The monoisotopic (exact) mass is 409 g/mol. The zero-order chi connectivity index (χ0) is 20.1. The van der Waals surface area contributed by atoms with E-state index < -0.39 is 21.8 Å². The molecule has 0 N–H and O–H groups in total. The Balaban J connectivity index is 1.64. The molecule has 7 nitrogen and oxygen atoms in total. The Labute approximate surface area is 162 Å². The minimum Gasteiger partial charge on any atom is -0.494 e. The molecule has 1 heterocycles. The summed E-state index contributed by atoms with van der Waals surface area (Å²) in [7, 11) is -2.26. The Hall–Kier alpha value is -2.49. The van der Waals surface area contributed by atoms with Gasteiger partial charge < -0.3 is 14.2 Å².